The molecule has 0 spiro atoms. The van der Waals surface area contributed by atoms with Gasteiger partial charge in [-0.3, -0.25) is 18.7 Å². The first-order chi connectivity index (χ1) is 13.3. The van der Waals surface area contributed by atoms with Gasteiger partial charge in [0.1, 0.15) is 11.4 Å². The molecule has 2 heterocycles. The zero-order chi connectivity index (χ0) is 20.4. The summed E-state index contributed by atoms with van der Waals surface area (Å²) in [6, 6.07) is 8.57. The molecule has 0 saturated heterocycles. The fourth-order valence-electron chi connectivity index (χ4n) is 2.73. The first-order valence-corrected chi connectivity index (χ1v) is 8.38. The van der Waals surface area contributed by atoms with Crippen molar-refractivity contribution in [2.75, 3.05) is 7.11 Å². The number of amides is 1. The van der Waals surface area contributed by atoms with Crippen molar-refractivity contribution in [3.63, 3.8) is 0 Å². The van der Waals surface area contributed by atoms with E-state index < -0.39 is 17.2 Å². The average Bonchev–Trinajstić information content (AvgIpc) is 2.70. The van der Waals surface area contributed by atoms with Crippen molar-refractivity contribution in [2.24, 2.45) is 19.2 Å². The predicted octanol–water partition coefficient (Wildman–Crippen LogP) is 0.713. The lowest BCUT2D eigenvalue weighted by Crippen LogP contribution is -2.37. The number of rotatable bonds is 4. The molecule has 0 fully saturated rings. The maximum atomic E-state index is 12.5. The van der Waals surface area contributed by atoms with Gasteiger partial charge in [-0.05, 0) is 42.8 Å². The molecule has 0 radical (unpaired) electrons. The first kappa shape index (κ1) is 19.0. The molecule has 0 aliphatic carbocycles. The number of hydrazone groups is 1. The van der Waals surface area contributed by atoms with Crippen molar-refractivity contribution < 1.29 is 9.53 Å². The number of aryl methyl sites for hydroxylation is 2. The Morgan fingerprint density at radius 3 is 2.50 bits per heavy atom. The molecule has 1 N–H and O–H groups in total. The maximum Gasteiger partial charge on any atom is 0.332 e. The van der Waals surface area contributed by atoms with Crippen molar-refractivity contribution in [1.82, 2.24) is 19.5 Å². The fourth-order valence-corrected chi connectivity index (χ4v) is 2.73. The van der Waals surface area contributed by atoms with E-state index in [4.69, 9.17) is 4.74 Å². The van der Waals surface area contributed by atoms with E-state index in [1.807, 2.05) is 0 Å². The number of nitrogens with zero attached hydrogens (tertiary/aromatic N) is 4. The van der Waals surface area contributed by atoms with Crippen molar-refractivity contribution in [2.45, 2.75) is 6.92 Å². The topological polar surface area (TPSA) is 108 Å². The summed E-state index contributed by atoms with van der Waals surface area (Å²) in [7, 11) is 4.48. The molecular formula is C19H19N5O4. The standard InChI is InChI=1S/C19H19N5O4/c1-11-14(9-15-16(21-11)23(2)19(27)24(3)18(15)26)17(25)22-20-10-12-5-7-13(28-4)8-6-12/h5-10H,1-4H3,(H,22,25)/b20-10-. The summed E-state index contributed by atoms with van der Waals surface area (Å²) in [4.78, 5) is 41.2. The number of benzene rings is 1. The lowest BCUT2D eigenvalue weighted by atomic mass is 10.1. The maximum absolute atomic E-state index is 12.5. The molecule has 9 heteroatoms. The van der Waals surface area contributed by atoms with Gasteiger partial charge in [0.05, 0.1) is 30.0 Å². The molecule has 0 aliphatic rings. The van der Waals surface area contributed by atoms with E-state index >= 15 is 0 Å². The molecular weight excluding hydrogens is 362 g/mol. The second-order valence-corrected chi connectivity index (χ2v) is 6.17. The molecule has 0 unspecified atom stereocenters. The Hall–Kier alpha value is -3.75. The van der Waals surface area contributed by atoms with Crippen LogP contribution in [0.15, 0.2) is 45.0 Å². The first-order valence-electron chi connectivity index (χ1n) is 8.38. The van der Waals surface area contributed by atoms with Crippen LogP contribution >= 0.6 is 0 Å². The molecule has 28 heavy (non-hydrogen) atoms. The van der Waals surface area contributed by atoms with E-state index in [0.717, 1.165) is 15.9 Å². The van der Waals surface area contributed by atoms with Crippen molar-refractivity contribution in [3.8, 4) is 5.75 Å². The molecule has 2 aromatic heterocycles. The zero-order valence-electron chi connectivity index (χ0n) is 15.9. The Bertz CT molecular complexity index is 1210. The third-order valence-corrected chi connectivity index (χ3v) is 4.36. The molecule has 0 atom stereocenters. The van der Waals surface area contributed by atoms with E-state index in [2.05, 4.69) is 15.5 Å². The summed E-state index contributed by atoms with van der Waals surface area (Å²) in [5.41, 5.74) is 3.02. The van der Waals surface area contributed by atoms with Crippen LogP contribution in [-0.4, -0.2) is 33.3 Å². The Morgan fingerprint density at radius 2 is 1.86 bits per heavy atom. The largest absolute Gasteiger partial charge is 0.497 e. The van der Waals surface area contributed by atoms with Gasteiger partial charge in [0.2, 0.25) is 0 Å². The number of ether oxygens (including phenoxy) is 1. The van der Waals surface area contributed by atoms with Gasteiger partial charge in [0.15, 0.2) is 0 Å². The lowest BCUT2D eigenvalue weighted by Gasteiger charge is -2.10. The molecule has 0 bridgehead atoms. The minimum absolute atomic E-state index is 0.180. The molecule has 1 aromatic carbocycles. The van der Waals surface area contributed by atoms with Crippen molar-refractivity contribution in [3.05, 3.63) is 68.0 Å². The lowest BCUT2D eigenvalue weighted by molar-refractivity contribution is 0.0954. The molecule has 0 aliphatic heterocycles. The number of pyridine rings is 1. The molecule has 9 nitrogen and oxygen atoms in total. The number of hydrogen-bond donors (Lipinski definition) is 1. The van der Waals surface area contributed by atoms with Gasteiger partial charge in [0.25, 0.3) is 11.5 Å². The summed E-state index contributed by atoms with van der Waals surface area (Å²) in [5.74, 6) is 0.211. The van der Waals surface area contributed by atoms with Crippen LogP contribution in [0, 0.1) is 6.92 Å². The van der Waals surface area contributed by atoms with Crippen LogP contribution in [0.2, 0.25) is 0 Å². The summed E-state index contributed by atoms with van der Waals surface area (Å²) in [5, 5.41) is 4.11. The van der Waals surface area contributed by atoms with Crippen LogP contribution in [0.1, 0.15) is 21.6 Å². The van der Waals surface area contributed by atoms with E-state index in [-0.39, 0.29) is 16.6 Å². The van der Waals surface area contributed by atoms with E-state index in [9.17, 15) is 14.4 Å². The van der Waals surface area contributed by atoms with Crippen LogP contribution in [0.25, 0.3) is 11.0 Å². The summed E-state index contributed by atoms with van der Waals surface area (Å²) < 4.78 is 7.33. The highest BCUT2D eigenvalue weighted by molar-refractivity contribution is 5.98. The predicted molar refractivity (Wildman–Crippen MR) is 105 cm³/mol. The fraction of sp³-hybridized carbons (Fsp3) is 0.211. The Labute approximate surface area is 159 Å². The number of carbonyl (C=O) groups is 1. The normalized spacial score (nSPS) is 11.1. The van der Waals surface area contributed by atoms with E-state index in [1.54, 1.807) is 38.3 Å². The Balaban J connectivity index is 1.91. The van der Waals surface area contributed by atoms with Crippen LogP contribution in [0.5, 0.6) is 5.75 Å². The van der Waals surface area contributed by atoms with Crippen LogP contribution in [0.3, 0.4) is 0 Å². The quantitative estimate of drug-likeness (QED) is 0.529. The molecule has 144 valence electrons. The van der Waals surface area contributed by atoms with E-state index in [0.29, 0.717) is 5.69 Å². The van der Waals surface area contributed by atoms with Crippen molar-refractivity contribution in [1.29, 1.82) is 0 Å². The second-order valence-electron chi connectivity index (χ2n) is 6.17. The van der Waals surface area contributed by atoms with Gasteiger partial charge in [-0.1, -0.05) is 0 Å². The van der Waals surface area contributed by atoms with Gasteiger partial charge >= 0.3 is 5.69 Å². The zero-order valence-corrected chi connectivity index (χ0v) is 15.9. The highest BCUT2D eigenvalue weighted by atomic mass is 16.5. The van der Waals surface area contributed by atoms with Crippen LogP contribution < -0.4 is 21.4 Å². The third kappa shape index (κ3) is 3.41. The molecule has 1 amide bonds. The second kappa shape index (κ2) is 7.47. The van der Waals surface area contributed by atoms with Crippen LogP contribution in [-0.2, 0) is 14.1 Å². The van der Waals surface area contributed by atoms with E-state index in [1.165, 1.54) is 30.9 Å². The Morgan fingerprint density at radius 1 is 1.18 bits per heavy atom. The van der Waals surface area contributed by atoms with Gasteiger partial charge in [-0.15, -0.1) is 0 Å². The van der Waals surface area contributed by atoms with Crippen LogP contribution in [0.4, 0.5) is 0 Å². The van der Waals surface area contributed by atoms with Gasteiger partial charge in [-0.25, -0.2) is 15.2 Å². The molecule has 3 aromatic rings. The number of aromatic nitrogens is 3. The number of hydrogen-bond acceptors (Lipinski definition) is 6. The minimum Gasteiger partial charge on any atom is -0.497 e. The highest BCUT2D eigenvalue weighted by Crippen LogP contribution is 2.12. The van der Waals surface area contributed by atoms with Gasteiger partial charge < -0.3 is 4.74 Å². The molecule has 3 rings (SSSR count). The number of nitrogens with one attached hydrogen (secondary N) is 1. The summed E-state index contributed by atoms with van der Waals surface area (Å²) >= 11 is 0. The smallest absolute Gasteiger partial charge is 0.332 e. The summed E-state index contributed by atoms with van der Waals surface area (Å²) in [6.07, 6.45) is 1.49. The highest BCUT2D eigenvalue weighted by Gasteiger charge is 2.16. The average molecular weight is 381 g/mol. The van der Waals surface area contributed by atoms with Gasteiger partial charge in [-0.2, -0.15) is 5.10 Å². The minimum atomic E-state index is -0.513. The number of fused-ring (bicyclic) bond motifs is 1. The van der Waals surface area contributed by atoms with Gasteiger partial charge in [0, 0.05) is 14.1 Å². The molecule has 0 saturated carbocycles. The Kier molecular flexibility index (Phi) is 5.08. The number of methoxy groups -OCH3 is 1. The summed E-state index contributed by atoms with van der Waals surface area (Å²) in [6.45, 7) is 1.63. The number of carbonyl (C=O) groups excluding carboxylic acids is 1. The third-order valence-electron chi connectivity index (χ3n) is 4.36. The SMILES string of the molecule is COc1ccc(/C=N\NC(=O)c2cc3c(=O)n(C)c(=O)n(C)c3nc2C)cc1. The van der Waals surface area contributed by atoms with Crippen molar-refractivity contribution >= 4 is 23.2 Å². The monoisotopic (exact) mass is 381 g/mol.